The third-order valence-corrected chi connectivity index (χ3v) is 5.13. The van der Waals surface area contributed by atoms with Gasteiger partial charge in [0.05, 0.1) is 23.1 Å². The molecule has 0 bridgehead atoms. The van der Waals surface area contributed by atoms with Gasteiger partial charge in [-0.3, -0.25) is 9.08 Å². The Bertz CT molecular complexity index is 1170. The monoisotopic (exact) mass is 346 g/mol. The molecule has 6 nitrogen and oxygen atoms in total. The average Bonchev–Trinajstić information content (AvgIpc) is 3.32. The first kappa shape index (κ1) is 14.2. The summed E-state index contributed by atoms with van der Waals surface area (Å²) in [6.45, 7) is 0. The Balaban J connectivity index is 1.58. The molecule has 0 aliphatic carbocycles. The van der Waals surface area contributed by atoms with Crippen LogP contribution in [0.1, 0.15) is 0 Å². The Morgan fingerprint density at radius 3 is 2.88 bits per heavy atom. The maximum atomic E-state index is 4.56. The normalized spacial score (nSPS) is 11.4. The summed E-state index contributed by atoms with van der Waals surface area (Å²) in [6.07, 6.45) is 9.36. The van der Waals surface area contributed by atoms with E-state index in [4.69, 9.17) is 0 Å². The van der Waals surface area contributed by atoms with Crippen molar-refractivity contribution in [2.45, 2.75) is 0 Å². The van der Waals surface area contributed by atoms with Crippen LogP contribution in [0.4, 0.5) is 10.8 Å². The number of hydrogen-bond donors (Lipinski definition) is 1. The predicted octanol–water partition coefficient (Wildman–Crippen LogP) is 4.09. The smallest absolute Gasteiger partial charge is 0.180 e. The number of nitrogens with one attached hydrogen (secondary N) is 1. The van der Waals surface area contributed by atoms with Gasteiger partial charge in [0.1, 0.15) is 0 Å². The first-order valence-corrected chi connectivity index (χ1v) is 8.66. The van der Waals surface area contributed by atoms with Gasteiger partial charge in [-0.1, -0.05) is 18.2 Å². The van der Waals surface area contributed by atoms with Crippen LogP contribution in [-0.4, -0.2) is 24.1 Å². The summed E-state index contributed by atoms with van der Waals surface area (Å²) in [4.78, 5) is 9.04. The Labute approximate surface area is 147 Å². The van der Waals surface area contributed by atoms with Gasteiger partial charge in [-0.2, -0.15) is 5.10 Å². The lowest BCUT2D eigenvalue weighted by Crippen LogP contribution is -1.97. The van der Waals surface area contributed by atoms with Crippen LogP contribution in [-0.2, 0) is 7.05 Å². The molecule has 122 valence electrons. The summed E-state index contributed by atoms with van der Waals surface area (Å²) >= 11 is 1.71. The number of rotatable bonds is 3. The van der Waals surface area contributed by atoms with Gasteiger partial charge in [0.25, 0.3) is 0 Å². The molecule has 7 heteroatoms. The molecule has 1 aromatic carbocycles. The lowest BCUT2D eigenvalue weighted by molar-refractivity contribution is 0.768. The molecule has 5 aromatic rings. The van der Waals surface area contributed by atoms with Gasteiger partial charge in [-0.25, -0.2) is 9.97 Å². The molecule has 4 heterocycles. The average molecular weight is 346 g/mol. The maximum absolute atomic E-state index is 4.56. The van der Waals surface area contributed by atoms with Crippen LogP contribution in [0.15, 0.2) is 61.3 Å². The summed E-state index contributed by atoms with van der Waals surface area (Å²) in [5, 5.41) is 9.92. The number of thiophene rings is 1. The Morgan fingerprint density at radius 2 is 2.04 bits per heavy atom. The number of fused-ring (bicyclic) bond motifs is 2. The quantitative estimate of drug-likeness (QED) is 0.534. The molecule has 0 atom stereocenters. The zero-order valence-corrected chi connectivity index (χ0v) is 14.2. The molecule has 0 aliphatic heterocycles. The minimum atomic E-state index is 0.740. The van der Waals surface area contributed by atoms with Crippen molar-refractivity contribution in [3.63, 3.8) is 0 Å². The van der Waals surface area contributed by atoms with Crippen molar-refractivity contribution in [2.24, 2.45) is 7.05 Å². The highest BCUT2D eigenvalue weighted by molar-refractivity contribution is 7.22. The topological polar surface area (TPSA) is 60.0 Å². The summed E-state index contributed by atoms with van der Waals surface area (Å²) in [7, 11) is 1.91. The van der Waals surface area contributed by atoms with Crippen LogP contribution in [0.2, 0.25) is 0 Å². The molecular weight excluding hydrogens is 332 g/mol. The zero-order chi connectivity index (χ0) is 16.8. The fraction of sp³-hybridized carbons (Fsp3) is 0.0556. The number of hydrogen-bond acceptors (Lipinski definition) is 5. The van der Waals surface area contributed by atoms with Gasteiger partial charge in [0, 0.05) is 35.9 Å². The van der Waals surface area contributed by atoms with Crippen molar-refractivity contribution in [1.82, 2.24) is 24.1 Å². The highest BCUT2D eigenvalue weighted by Gasteiger charge is 2.12. The fourth-order valence-electron chi connectivity index (χ4n) is 2.93. The molecule has 0 fully saturated rings. The van der Waals surface area contributed by atoms with E-state index in [-0.39, 0.29) is 0 Å². The van der Waals surface area contributed by atoms with Gasteiger partial charge in [-0.15, -0.1) is 11.3 Å². The molecule has 0 aliphatic rings. The van der Waals surface area contributed by atoms with Gasteiger partial charge < -0.3 is 5.32 Å². The number of aryl methyl sites for hydroxylation is 1. The minimum Gasteiger partial charge on any atom is -0.329 e. The SMILES string of the molecule is Cn1cc(-c2cnc3c(Nc4cc5ccccc5s4)nccn23)cn1. The third-order valence-electron chi connectivity index (χ3n) is 4.10. The Hall–Kier alpha value is -3.19. The van der Waals surface area contributed by atoms with E-state index in [0.29, 0.717) is 0 Å². The largest absolute Gasteiger partial charge is 0.329 e. The lowest BCUT2D eigenvalue weighted by Gasteiger charge is -2.05. The summed E-state index contributed by atoms with van der Waals surface area (Å²) in [6, 6.07) is 10.5. The van der Waals surface area contributed by atoms with Crippen LogP contribution in [0.3, 0.4) is 0 Å². The lowest BCUT2D eigenvalue weighted by atomic mass is 10.3. The Kier molecular flexibility index (Phi) is 3.07. The fourth-order valence-corrected chi connectivity index (χ4v) is 3.90. The molecule has 1 N–H and O–H groups in total. The van der Waals surface area contributed by atoms with E-state index in [9.17, 15) is 0 Å². The molecule has 0 amide bonds. The highest BCUT2D eigenvalue weighted by Crippen LogP contribution is 2.32. The number of imidazole rings is 1. The molecule has 4 aromatic heterocycles. The van der Waals surface area contributed by atoms with Crippen molar-refractivity contribution >= 4 is 37.9 Å². The van der Waals surface area contributed by atoms with Gasteiger partial charge in [0.15, 0.2) is 11.5 Å². The van der Waals surface area contributed by atoms with Crippen molar-refractivity contribution in [3.8, 4) is 11.3 Å². The van der Waals surface area contributed by atoms with E-state index >= 15 is 0 Å². The summed E-state index contributed by atoms with van der Waals surface area (Å²) in [5.74, 6) is 0.740. The second kappa shape index (κ2) is 5.42. The van der Waals surface area contributed by atoms with Crippen molar-refractivity contribution < 1.29 is 0 Å². The number of aromatic nitrogens is 5. The minimum absolute atomic E-state index is 0.740. The predicted molar refractivity (Wildman–Crippen MR) is 100 cm³/mol. The van der Waals surface area contributed by atoms with Crippen molar-refractivity contribution in [1.29, 1.82) is 0 Å². The number of anilines is 2. The van der Waals surface area contributed by atoms with Crippen molar-refractivity contribution in [2.75, 3.05) is 5.32 Å². The van der Waals surface area contributed by atoms with E-state index < -0.39 is 0 Å². The molecule has 0 spiro atoms. The van der Waals surface area contributed by atoms with E-state index in [2.05, 4.69) is 44.6 Å². The number of benzene rings is 1. The highest BCUT2D eigenvalue weighted by atomic mass is 32.1. The second-order valence-corrected chi connectivity index (χ2v) is 6.87. The number of nitrogens with zero attached hydrogens (tertiary/aromatic N) is 5. The molecule has 0 saturated heterocycles. The van der Waals surface area contributed by atoms with E-state index in [0.717, 1.165) is 27.7 Å². The maximum Gasteiger partial charge on any atom is 0.180 e. The van der Waals surface area contributed by atoms with Crippen LogP contribution in [0.5, 0.6) is 0 Å². The summed E-state index contributed by atoms with van der Waals surface area (Å²) < 4.78 is 5.06. The van der Waals surface area contributed by atoms with E-state index in [1.165, 1.54) is 10.1 Å². The van der Waals surface area contributed by atoms with E-state index in [1.54, 1.807) is 22.2 Å². The third kappa shape index (κ3) is 2.36. The van der Waals surface area contributed by atoms with Crippen LogP contribution in [0.25, 0.3) is 27.0 Å². The summed E-state index contributed by atoms with van der Waals surface area (Å²) in [5.41, 5.74) is 2.80. The Morgan fingerprint density at radius 1 is 1.12 bits per heavy atom. The first-order chi connectivity index (χ1) is 12.3. The molecule has 5 rings (SSSR count). The standard InChI is InChI=1S/C18H14N6S/c1-23-11-13(9-21-23)14-10-20-18-17(19-6-7-24(14)18)22-16-8-12-4-2-3-5-15(12)25-16/h2-11H,1H3,(H,19,22). The van der Waals surface area contributed by atoms with Gasteiger partial charge in [0.2, 0.25) is 0 Å². The van der Waals surface area contributed by atoms with E-state index in [1.807, 2.05) is 42.3 Å². The van der Waals surface area contributed by atoms with Crippen LogP contribution >= 0.6 is 11.3 Å². The molecule has 0 radical (unpaired) electrons. The molecule has 25 heavy (non-hydrogen) atoms. The van der Waals surface area contributed by atoms with Crippen molar-refractivity contribution in [3.05, 3.63) is 61.3 Å². The molecule has 0 unspecified atom stereocenters. The van der Waals surface area contributed by atoms with Crippen LogP contribution < -0.4 is 5.32 Å². The van der Waals surface area contributed by atoms with Gasteiger partial charge in [-0.05, 0) is 17.5 Å². The zero-order valence-electron chi connectivity index (χ0n) is 13.4. The second-order valence-electron chi connectivity index (χ2n) is 5.79. The first-order valence-electron chi connectivity index (χ1n) is 7.84. The van der Waals surface area contributed by atoms with Crippen LogP contribution in [0, 0.1) is 0 Å². The molecular formula is C18H14N6S. The molecule has 0 saturated carbocycles. The van der Waals surface area contributed by atoms with Gasteiger partial charge >= 0.3 is 0 Å².